The summed E-state index contributed by atoms with van der Waals surface area (Å²) in [6.07, 6.45) is -0.655. The highest BCUT2D eigenvalue weighted by molar-refractivity contribution is 5.89. The zero-order chi connectivity index (χ0) is 18.7. The van der Waals surface area contributed by atoms with Gasteiger partial charge in [0.15, 0.2) is 6.29 Å². The number of carbonyl (C=O) groups is 1. The molecule has 0 heterocycles. The molecule has 27 heavy (non-hydrogen) atoms. The predicted molar refractivity (Wildman–Crippen MR) is 103 cm³/mol. The molecule has 3 aromatic carbocycles. The van der Waals surface area contributed by atoms with Crippen LogP contribution in [0.1, 0.15) is 21.5 Å². The molecule has 0 radical (unpaired) electrons. The van der Waals surface area contributed by atoms with Crippen LogP contribution in [0.3, 0.4) is 0 Å². The maximum absolute atomic E-state index is 12.2. The van der Waals surface area contributed by atoms with Gasteiger partial charge in [-0.2, -0.15) is 0 Å². The normalized spacial score (nSPS) is 10.7. The van der Waals surface area contributed by atoms with Gasteiger partial charge in [0.05, 0.1) is 18.8 Å². The molecular formula is C23H22O4. The Kier molecular flexibility index (Phi) is 7.16. The van der Waals surface area contributed by atoms with Crippen LogP contribution in [0.4, 0.5) is 0 Å². The highest BCUT2D eigenvalue weighted by atomic mass is 16.7. The summed E-state index contributed by atoms with van der Waals surface area (Å²) in [6.45, 7) is 0.778. The second-order valence-electron chi connectivity index (χ2n) is 5.99. The fourth-order valence-corrected chi connectivity index (χ4v) is 2.47. The first-order chi connectivity index (χ1) is 13.3. The van der Waals surface area contributed by atoms with E-state index in [2.05, 4.69) is 0 Å². The highest BCUT2D eigenvalue weighted by Gasteiger charge is 2.15. The number of hydrogen-bond donors (Lipinski definition) is 0. The van der Waals surface area contributed by atoms with E-state index in [0.29, 0.717) is 18.8 Å². The van der Waals surface area contributed by atoms with Crippen molar-refractivity contribution in [1.29, 1.82) is 0 Å². The van der Waals surface area contributed by atoms with Crippen LogP contribution in [0.5, 0.6) is 0 Å². The number of benzene rings is 3. The molecule has 0 saturated heterocycles. The van der Waals surface area contributed by atoms with E-state index in [0.717, 1.165) is 11.1 Å². The molecule has 0 aliphatic heterocycles. The highest BCUT2D eigenvalue weighted by Crippen LogP contribution is 2.10. The van der Waals surface area contributed by atoms with Crippen molar-refractivity contribution >= 4 is 5.97 Å². The number of esters is 1. The summed E-state index contributed by atoms with van der Waals surface area (Å²) in [4.78, 5) is 12.2. The average Bonchev–Trinajstić information content (AvgIpc) is 2.75. The summed E-state index contributed by atoms with van der Waals surface area (Å²) in [6, 6.07) is 28.5. The largest absolute Gasteiger partial charge is 0.457 e. The molecule has 138 valence electrons. The van der Waals surface area contributed by atoms with E-state index < -0.39 is 12.3 Å². The van der Waals surface area contributed by atoms with Crippen molar-refractivity contribution in [2.75, 3.05) is 6.61 Å². The Labute approximate surface area is 159 Å². The molecular weight excluding hydrogens is 340 g/mol. The van der Waals surface area contributed by atoms with Gasteiger partial charge in [0.1, 0.15) is 6.61 Å². The first-order valence-corrected chi connectivity index (χ1v) is 8.84. The predicted octanol–water partition coefficient (Wildman–Crippen LogP) is 4.60. The Morgan fingerprint density at radius 2 is 1.11 bits per heavy atom. The molecule has 4 heteroatoms. The van der Waals surface area contributed by atoms with Gasteiger partial charge in [-0.25, -0.2) is 4.79 Å². The van der Waals surface area contributed by atoms with Crippen LogP contribution in [-0.4, -0.2) is 18.9 Å². The number of carbonyl (C=O) groups excluding carboxylic acids is 1. The summed E-state index contributed by atoms with van der Waals surface area (Å²) >= 11 is 0. The lowest BCUT2D eigenvalue weighted by molar-refractivity contribution is -0.176. The van der Waals surface area contributed by atoms with Crippen LogP contribution < -0.4 is 0 Å². The third-order valence-electron chi connectivity index (χ3n) is 3.92. The van der Waals surface area contributed by atoms with Crippen molar-refractivity contribution in [1.82, 2.24) is 0 Å². The van der Waals surface area contributed by atoms with Crippen molar-refractivity contribution in [3.05, 3.63) is 108 Å². The van der Waals surface area contributed by atoms with Crippen LogP contribution in [0.2, 0.25) is 0 Å². The van der Waals surface area contributed by atoms with Gasteiger partial charge in [-0.3, -0.25) is 0 Å². The van der Waals surface area contributed by atoms with Crippen LogP contribution in [0.25, 0.3) is 0 Å². The topological polar surface area (TPSA) is 44.8 Å². The summed E-state index contributed by atoms with van der Waals surface area (Å²) in [5.41, 5.74) is 2.56. The summed E-state index contributed by atoms with van der Waals surface area (Å²) in [5, 5.41) is 0. The van der Waals surface area contributed by atoms with Crippen LogP contribution in [-0.2, 0) is 27.4 Å². The second kappa shape index (κ2) is 10.3. The molecule has 4 nitrogen and oxygen atoms in total. The molecule has 3 rings (SSSR count). The van der Waals surface area contributed by atoms with Crippen molar-refractivity contribution in [3.8, 4) is 0 Å². The number of ether oxygens (including phenoxy) is 3. The minimum atomic E-state index is -0.655. The molecule has 0 unspecified atom stereocenters. The minimum Gasteiger partial charge on any atom is -0.457 e. The molecule has 0 aromatic heterocycles. The van der Waals surface area contributed by atoms with Crippen molar-refractivity contribution < 1.29 is 19.0 Å². The SMILES string of the molecule is O=C(OCC(OCc1ccccc1)OCc1ccccc1)c1ccccc1. The Morgan fingerprint density at radius 1 is 0.667 bits per heavy atom. The molecule has 3 aromatic rings. The lowest BCUT2D eigenvalue weighted by Gasteiger charge is -2.19. The molecule has 0 N–H and O–H groups in total. The van der Waals surface area contributed by atoms with E-state index in [4.69, 9.17) is 14.2 Å². The summed E-state index contributed by atoms with van der Waals surface area (Å²) < 4.78 is 17.1. The van der Waals surface area contributed by atoms with Gasteiger partial charge in [0.25, 0.3) is 0 Å². The Balaban J connectivity index is 1.57. The quantitative estimate of drug-likeness (QED) is 0.412. The molecule has 0 fully saturated rings. The zero-order valence-electron chi connectivity index (χ0n) is 15.0. The first kappa shape index (κ1) is 18.8. The van der Waals surface area contributed by atoms with Crippen molar-refractivity contribution in [2.45, 2.75) is 19.5 Å². The molecule has 0 bridgehead atoms. The number of rotatable bonds is 9. The maximum Gasteiger partial charge on any atom is 0.338 e. The van der Waals surface area contributed by atoms with Gasteiger partial charge in [-0.1, -0.05) is 78.9 Å². The van der Waals surface area contributed by atoms with Crippen LogP contribution in [0.15, 0.2) is 91.0 Å². The zero-order valence-corrected chi connectivity index (χ0v) is 15.0. The van der Waals surface area contributed by atoms with E-state index in [9.17, 15) is 4.79 Å². The molecule has 0 aliphatic rings. The average molecular weight is 362 g/mol. The Morgan fingerprint density at radius 3 is 1.59 bits per heavy atom. The molecule has 0 atom stereocenters. The maximum atomic E-state index is 12.2. The molecule has 0 aliphatic carbocycles. The second-order valence-corrected chi connectivity index (χ2v) is 5.99. The third-order valence-corrected chi connectivity index (χ3v) is 3.92. The van der Waals surface area contributed by atoms with Crippen LogP contribution in [0, 0.1) is 0 Å². The molecule has 0 spiro atoms. The van der Waals surface area contributed by atoms with Crippen LogP contribution >= 0.6 is 0 Å². The number of hydrogen-bond acceptors (Lipinski definition) is 4. The molecule has 0 saturated carbocycles. The standard InChI is InChI=1S/C23H22O4/c24-23(21-14-8-3-9-15-21)27-18-22(25-16-19-10-4-1-5-11-19)26-17-20-12-6-2-7-13-20/h1-15,22H,16-18H2. The van der Waals surface area contributed by atoms with Gasteiger partial charge in [-0.05, 0) is 23.3 Å². The van der Waals surface area contributed by atoms with Crippen molar-refractivity contribution in [3.63, 3.8) is 0 Å². The fraction of sp³-hybridized carbons (Fsp3) is 0.174. The lowest BCUT2D eigenvalue weighted by atomic mass is 10.2. The monoisotopic (exact) mass is 362 g/mol. The van der Waals surface area contributed by atoms with Gasteiger partial charge in [0.2, 0.25) is 0 Å². The Bertz CT molecular complexity index is 760. The van der Waals surface area contributed by atoms with E-state index in [-0.39, 0.29) is 6.61 Å². The summed E-state index contributed by atoms with van der Waals surface area (Å²) in [5.74, 6) is -0.396. The Hall–Kier alpha value is -2.95. The van der Waals surface area contributed by atoms with E-state index >= 15 is 0 Å². The minimum absolute atomic E-state index is 0.0212. The van der Waals surface area contributed by atoms with E-state index in [1.54, 1.807) is 24.3 Å². The fourth-order valence-electron chi connectivity index (χ4n) is 2.47. The first-order valence-electron chi connectivity index (χ1n) is 8.84. The van der Waals surface area contributed by atoms with Gasteiger partial charge < -0.3 is 14.2 Å². The van der Waals surface area contributed by atoms with E-state index in [1.165, 1.54) is 0 Å². The third kappa shape index (κ3) is 6.37. The van der Waals surface area contributed by atoms with Crippen molar-refractivity contribution in [2.24, 2.45) is 0 Å². The van der Waals surface area contributed by atoms with Gasteiger partial charge >= 0.3 is 5.97 Å². The van der Waals surface area contributed by atoms with E-state index in [1.807, 2.05) is 66.7 Å². The van der Waals surface area contributed by atoms with Gasteiger partial charge in [-0.15, -0.1) is 0 Å². The lowest BCUT2D eigenvalue weighted by Crippen LogP contribution is -2.25. The summed E-state index contributed by atoms with van der Waals surface area (Å²) in [7, 11) is 0. The van der Waals surface area contributed by atoms with Gasteiger partial charge in [0, 0.05) is 0 Å². The smallest absolute Gasteiger partial charge is 0.338 e. The molecule has 0 amide bonds.